The van der Waals surface area contributed by atoms with Gasteiger partial charge in [-0.2, -0.15) is 0 Å². The molecule has 1 aromatic rings. The molecule has 1 aromatic carbocycles. The fourth-order valence-electron chi connectivity index (χ4n) is 2.37. The van der Waals surface area contributed by atoms with Crippen molar-refractivity contribution in [1.29, 1.82) is 0 Å². The Labute approximate surface area is 144 Å². The van der Waals surface area contributed by atoms with Crippen molar-refractivity contribution in [1.82, 2.24) is 4.90 Å². The van der Waals surface area contributed by atoms with Crippen LogP contribution in [0.3, 0.4) is 0 Å². The minimum absolute atomic E-state index is 0.148. The van der Waals surface area contributed by atoms with E-state index in [9.17, 15) is 27.6 Å². The van der Waals surface area contributed by atoms with E-state index in [0.29, 0.717) is 6.07 Å². The van der Waals surface area contributed by atoms with E-state index in [-0.39, 0.29) is 18.7 Å². The first-order valence-corrected chi connectivity index (χ1v) is 7.12. The number of aliphatic hydroxyl groups is 1. The first kappa shape index (κ1) is 19.2. The van der Waals surface area contributed by atoms with Crippen molar-refractivity contribution < 1.29 is 42.5 Å². The summed E-state index contributed by atoms with van der Waals surface area (Å²) in [5.74, 6) is -9.04. The quantitative estimate of drug-likeness (QED) is 0.490. The van der Waals surface area contributed by atoms with Gasteiger partial charge in [-0.1, -0.05) is 0 Å². The number of aromatic carboxylic acids is 1. The molecule has 0 saturated heterocycles. The number of rotatable bonds is 6. The first-order chi connectivity index (χ1) is 12.2. The number of β-amino-alcohol motifs (C(OH)–C–C–N with tert-alkyl or cyclic N) is 1. The molecular weight excluding hydrogens is 361 g/mol. The summed E-state index contributed by atoms with van der Waals surface area (Å²) in [7, 11) is 1.03. The van der Waals surface area contributed by atoms with E-state index in [4.69, 9.17) is 10.2 Å². The minimum Gasteiger partial charge on any atom is -0.477 e. The summed E-state index contributed by atoms with van der Waals surface area (Å²) < 4.78 is 45.8. The normalized spacial score (nSPS) is 14.0. The van der Waals surface area contributed by atoms with Crippen LogP contribution >= 0.6 is 0 Å². The zero-order chi connectivity index (χ0) is 19.6. The second kappa shape index (κ2) is 7.44. The number of methoxy groups -OCH3 is 1. The number of esters is 1. The fourth-order valence-corrected chi connectivity index (χ4v) is 2.37. The van der Waals surface area contributed by atoms with Gasteiger partial charge in [-0.3, -0.25) is 4.79 Å². The highest BCUT2D eigenvalue weighted by molar-refractivity contribution is 6.08. The second-order valence-electron chi connectivity index (χ2n) is 5.13. The Morgan fingerprint density at radius 1 is 1.31 bits per heavy atom. The van der Waals surface area contributed by atoms with Gasteiger partial charge in [0, 0.05) is 12.6 Å². The lowest BCUT2D eigenvalue weighted by molar-refractivity contribution is -0.136. The van der Waals surface area contributed by atoms with Crippen molar-refractivity contribution >= 4 is 23.5 Å². The summed E-state index contributed by atoms with van der Waals surface area (Å²) in [5.41, 5.74) is -3.14. The van der Waals surface area contributed by atoms with Crippen LogP contribution in [-0.2, 0) is 14.3 Å². The molecule has 1 aliphatic rings. The predicted molar refractivity (Wildman–Crippen MR) is 79.6 cm³/mol. The number of halogens is 3. The maximum absolute atomic E-state index is 14.2. The molecule has 0 spiro atoms. The Bertz CT molecular complexity index is 824. The SMILES string of the molecule is COC(=O)C1=C(Nc2cc(F)c(F)c(C(=O)O)c2F)C(=O)N(CCO)C1. The zero-order valence-electron chi connectivity index (χ0n) is 13.3. The number of hydrogen-bond donors (Lipinski definition) is 3. The Balaban J connectivity index is 2.52. The van der Waals surface area contributed by atoms with Crippen LogP contribution in [-0.4, -0.2) is 59.8 Å². The Morgan fingerprint density at radius 3 is 2.50 bits per heavy atom. The van der Waals surface area contributed by atoms with Gasteiger partial charge in [0.05, 0.1) is 31.5 Å². The monoisotopic (exact) mass is 374 g/mol. The zero-order valence-corrected chi connectivity index (χ0v) is 13.3. The summed E-state index contributed by atoms with van der Waals surface area (Å²) in [5, 5.41) is 19.9. The largest absolute Gasteiger partial charge is 0.477 e. The number of anilines is 1. The van der Waals surface area contributed by atoms with Crippen LogP contribution in [0.15, 0.2) is 17.3 Å². The smallest absolute Gasteiger partial charge is 0.341 e. The number of nitrogens with one attached hydrogen (secondary N) is 1. The molecule has 0 bridgehead atoms. The molecule has 11 heteroatoms. The second-order valence-corrected chi connectivity index (χ2v) is 5.13. The highest BCUT2D eigenvalue weighted by Gasteiger charge is 2.35. The van der Waals surface area contributed by atoms with E-state index < -0.39 is 58.9 Å². The number of carboxylic acid groups (broad SMARTS) is 1. The third-order valence-corrected chi connectivity index (χ3v) is 3.58. The number of carbonyl (C=O) groups excluding carboxylic acids is 2. The number of hydrogen-bond acceptors (Lipinski definition) is 6. The molecule has 0 fully saturated rings. The molecule has 26 heavy (non-hydrogen) atoms. The van der Waals surface area contributed by atoms with E-state index >= 15 is 0 Å². The van der Waals surface area contributed by atoms with Crippen molar-refractivity contribution in [3.63, 3.8) is 0 Å². The Kier molecular flexibility index (Phi) is 5.50. The van der Waals surface area contributed by atoms with Gasteiger partial charge in [-0.15, -0.1) is 0 Å². The summed E-state index contributed by atoms with van der Waals surface area (Å²) >= 11 is 0. The molecule has 140 valence electrons. The number of benzene rings is 1. The van der Waals surface area contributed by atoms with E-state index in [1.807, 2.05) is 0 Å². The topological polar surface area (TPSA) is 116 Å². The van der Waals surface area contributed by atoms with E-state index in [0.717, 1.165) is 12.0 Å². The van der Waals surface area contributed by atoms with Crippen LogP contribution in [0.25, 0.3) is 0 Å². The van der Waals surface area contributed by atoms with Crippen molar-refractivity contribution in [3.05, 3.63) is 40.4 Å². The van der Waals surface area contributed by atoms with Gasteiger partial charge in [0.1, 0.15) is 11.3 Å². The lowest BCUT2D eigenvalue weighted by Gasteiger charge is -2.15. The summed E-state index contributed by atoms with van der Waals surface area (Å²) in [4.78, 5) is 36.1. The molecular formula is C15H13F3N2O6. The van der Waals surface area contributed by atoms with Crippen molar-refractivity contribution in [2.24, 2.45) is 0 Å². The van der Waals surface area contributed by atoms with Crippen molar-refractivity contribution in [3.8, 4) is 0 Å². The van der Waals surface area contributed by atoms with Crippen LogP contribution in [0.4, 0.5) is 18.9 Å². The van der Waals surface area contributed by atoms with Gasteiger partial charge in [0.2, 0.25) is 0 Å². The molecule has 8 nitrogen and oxygen atoms in total. The molecule has 2 rings (SSSR count). The van der Waals surface area contributed by atoms with Gasteiger partial charge in [0.15, 0.2) is 17.5 Å². The molecule has 0 aromatic heterocycles. The van der Waals surface area contributed by atoms with Gasteiger partial charge in [-0.25, -0.2) is 22.8 Å². The summed E-state index contributed by atoms with van der Waals surface area (Å²) in [6, 6.07) is 0.320. The molecule has 0 atom stereocenters. The van der Waals surface area contributed by atoms with Crippen molar-refractivity contribution in [2.75, 3.05) is 32.1 Å². The number of carbonyl (C=O) groups is 3. The fraction of sp³-hybridized carbons (Fsp3) is 0.267. The number of ether oxygens (including phenoxy) is 1. The van der Waals surface area contributed by atoms with Gasteiger partial charge >= 0.3 is 11.9 Å². The molecule has 0 radical (unpaired) electrons. The Morgan fingerprint density at radius 2 is 1.96 bits per heavy atom. The molecule has 0 aliphatic carbocycles. The molecule has 3 N–H and O–H groups in total. The van der Waals surface area contributed by atoms with E-state index in [1.165, 1.54) is 0 Å². The summed E-state index contributed by atoms with van der Waals surface area (Å²) in [6.07, 6.45) is 0. The number of amides is 1. The lowest BCUT2D eigenvalue weighted by atomic mass is 10.1. The van der Waals surface area contributed by atoms with E-state index in [1.54, 1.807) is 0 Å². The maximum atomic E-state index is 14.2. The van der Waals surface area contributed by atoms with Crippen LogP contribution in [0.2, 0.25) is 0 Å². The predicted octanol–water partition coefficient (Wildman–Crippen LogP) is 0.476. The van der Waals surface area contributed by atoms with Crippen LogP contribution in [0.5, 0.6) is 0 Å². The maximum Gasteiger partial charge on any atom is 0.341 e. The average Bonchev–Trinajstić information content (AvgIpc) is 2.88. The number of carboxylic acids is 1. The minimum atomic E-state index is -2.05. The first-order valence-electron chi connectivity index (χ1n) is 7.12. The number of nitrogens with zero attached hydrogens (tertiary/aromatic N) is 1. The van der Waals surface area contributed by atoms with Gasteiger partial charge in [-0.05, 0) is 0 Å². The molecule has 1 heterocycles. The third kappa shape index (κ3) is 3.33. The third-order valence-electron chi connectivity index (χ3n) is 3.58. The van der Waals surface area contributed by atoms with Gasteiger partial charge < -0.3 is 25.2 Å². The molecule has 1 amide bonds. The van der Waals surface area contributed by atoms with Crippen molar-refractivity contribution in [2.45, 2.75) is 0 Å². The molecule has 1 aliphatic heterocycles. The standard InChI is InChI=1S/C15H13F3N2O6/c1-26-15(25)6-5-20(2-3-21)13(22)12(6)19-8-4-7(16)10(17)9(11(8)18)14(23)24/h4,19,21H,2-3,5H2,1H3,(H,23,24). The number of aliphatic hydroxyl groups excluding tert-OH is 1. The van der Waals surface area contributed by atoms with Crippen LogP contribution in [0.1, 0.15) is 10.4 Å². The van der Waals surface area contributed by atoms with Crippen LogP contribution in [0, 0.1) is 17.5 Å². The highest BCUT2D eigenvalue weighted by atomic mass is 19.2. The van der Waals surface area contributed by atoms with Crippen LogP contribution < -0.4 is 5.32 Å². The Hall–Kier alpha value is -3.08. The van der Waals surface area contributed by atoms with E-state index in [2.05, 4.69) is 10.1 Å². The molecule has 0 saturated carbocycles. The molecule has 0 unspecified atom stereocenters. The highest BCUT2D eigenvalue weighted by Crippen LogP contribution is 2.28. The summed E-state index contributed by atoms with van der Waals surface area (Å²) in [6.45, 7) is -0.840. The average molecular weight is 374 g/mol. The van der Waals surface area contributed by atoms with Gasteiger partial charge in [0.25, 0.3) is 5.91 Å². The lowest BCUT2D eigenvalue weighted by Crippen LogP contribution is -2.31.